The summed E-state index contributed by atoms with van der Waals surface area (Å²) in [5.74, 6) is -5.51. The number of aromatic nitrogens is 3. The summed E-state index contributed by atoms with van der Waals surface area (Å²) < 4.78 is 38.8. The number of benzene rings is 1. The van der Waals surface area contributed by atoms with Crippen molar-refractivity contribution < 1.29 is 18.0 Å². The number of carbonyl (C=O) groups excluding carboxylic acids is 1. The zero-order valence-electron chi connectivity index (χ0n) is 10.5. The lowest BCUT2D eigenvalue weighted by Crippen LogP contribution is -2.16. The second-order valence-corrected chi connectivity index (χ2v) is 4.01. The van der Waals surface area contributed by atoms with Crippen LogP contribution in [0.1, 0.15) is 21.7 Å². The molecule has 0 saturated carbocycles. The van der Waals surface area contributed by atoms with Crippen molar-refractivity contribution in [3.63, 3.8) is 0 Å². The maximum absolute atomic E-state index is 13.0. The molecular weight excluding hydrogens is 273 g/mol. The van der Waals surface area contributed by atoms with Crippen molar-refractivity contribution in [2.45, 2.75) is 13.8 Å². The molecule has 0 aliphatic heterocycles. The summed E-state index contributed by atoms with van der Waals surface area (Å²) in [4.78, 5) is 15.7. The van der Waals surface area contributed by atoms with E-state index in [2.05, 4.69) is 20.5 Å². The minimum absolute atomic E-state index is 0.108. The van der Waals surface area contributed by atoms with Crippen LogP contribution in [0.2, 0.25) is 0 Å². The smallest absolute Gasteiger partial charge is 0.258 e. The highest BCUT2D eigenvalue weighted by atomic mass is 19.2. The van der Waals surface area contributed by atoms with Crippen molar-refractivity contribution >= 4 is 11.9 Å². The van der Waals surface area contributed by atoms with Crippen molar-refractivity contribution in [1.82, 2.24) is 15.2 Å². The Morgan fingerprint density at radius 2 is 1.65 bits per heavy atom. The number of nitrogens with one attached hydrogen (secondary N) is 1. The molecule has 2 rings (SSSR count). The topological polar surface area (TPSA) is 67.8 Å². The maximum atomic E-state index is 13.0. The third-order valence-electron chi connectivity index (χ3n) is 2.56. The minimum Gasteiger partial charge on any atom is -0.289 e. The number of hydrogen-bond acceptors (Lipinski definition) is 4. The molecule has 8 heteroatoms. The van der Waals surface area contributed by atoms with Gasteiger partial charge in [0.15, 0.2) is 17.5 Å². The van der Waals surface area contributed by atoms with E-state index in [9.17, 15) is 18.0 Å². The summed E-state index contributed by atoms with van der Waals surface area (Å²) in [6.07, 6.45) is 0. The number of amides is 1. The van der Waals surface area contributed by atoms with Crippen LogP contribution in [0.15, 0.2) is 12.1 Å². The third-order valence-corrected chi connectivity index (χ3v) is 2.56. The highest BCUT2D eigenvalue weighted by Crippen LogP contribution is 2.14. The van der Waals surface area contributed by atoms with Crippen LogP contribution >= 0.6 is 0 Å². The number of carbonyl (C=O) groups is 1. The summed E-state index contributed by atoms with van der Waals surface area (Å²) in [6, 6.07) is 1.17. The molecule has 0 spiro atoms. The fraction of sp³-hybridized carbons (Fsp3) is 0.167. The van der Waals surface area contributed by atoms with Crippen molar-refractivity contribution in [3.05, 3.63) is 46.5 Å². The lowest BCUT2D eigenvalue weighted by Gasteiger charge is -2.05. The van der Waals surface area contributed by atoms with Crippen LogP contribution in [0, 0.1) is 31.3 Å². The number of aryl methyl sites for hydroxylation is 2. The average molecular weight is 282 g/mol. The maximum Gasteiger partial charge on any atom is 0.258 e. The van der Waals surface area contributed by atoms with Crippen LogP contribution in [0.5, 0.6) is 0 Å². The molecule has 0 unspecified atom stereocenters. The van der Waals surface area contributed by atoms with Gasteiger partial charge in [-0.2, -0.15) is 5.10 Å². The van der Waals surface area contributed by atoms with Crippen LogP contribution in [0.25, 0.3) is 0 Å². The summed E-state index contributed by atoms with van der Waals surface area (Å²) in [5.41, 5.74) is 0.747. The fourth-order valence-corrected chi connectivity index (χ4v) is 1.37. The van der Waals surface area contributed by atoms with Gasteiger partial charge in [-0.3, -0.25) is 10.1 Å². The Labute approximate surface area is 111 Å². The molecule has 0 saturated heterocycles. The molecule has 0 aliphatic carbocycles. The van der Waals surface area contributed by atoms with Gasteiger partial charge in [-0.05, 0) is 26.0 Å². The van der Waals surface area contributed by atoms with Crippen LogP contribution < -0.4 is 5.32 Å². The molecule has 0 aliphatic rings. The van der Waals surface area contributed by atoms with Gasteiger partial charge in [0.25, 0.3) is 5.91 Å². The van der Waals surface area contributed by atoms with E-state index in [0.717, 1.165) is 0 Å². The molecule has 0 bridgehead atoms. The second kappa shape index (κ2) is 5.24. The Morgan fingerprint density at radius 1 is 1.05 bits per heavy atom. The molecule has 2 aromatic rings. The number of halogens is 3. The second-order valence-electron chi connectivity index (χ2n) is 4.01. The number of rotatable bonds is 2. The first-order valence-electron chi connectivity index (χ1n) is 5.52. The van der Waals surface area contributed by atoms with E-state index in [4.69, 9.17) is 0 Å². The molecule has 0 atom stereocenters. The average Bonchev–Trinajstić information content (AvgIpc) is 2.39. The molecule has 0 fully saturated rings. The predicted molar refractivity (Wildman–Crippen MR) is 63.6 cm³/mol. The van der Waals surface area contributed by atoms with Crippen molar-refractivity contribution in [3.8, 4) is 0 Å². The van der Waals surface area contributed by atoms with Gasteiger partial charge in [0.05, 0.1) is 11.4 Å². The van der Waals surface area contributed by atoms with Crippen LogP contribution in [0.3, 0.4) is 0 Å². The van der Waals surface area contributed by atoms with E-state index in [1.165, 1.54) is 0 Å². The molecule has 5 nitrogen and oxygen atoms in total. The van der Waals surface area contributed by atoms with Gasteiger partial charge in [-0.1, -0.05) is 0 Å². The van der Waals surface area contributed by atoms with Crippen molar-refractivity contribution in [2.24, 2.45) is 0 Å². The van der Waals surface area contributed by atoms with Gasteiger partial charge in [-0.15, -0.1) is 5.10 Å². The monoisotopic (exact) mass is 282 g/mol. The summed E-state index contributed by atoms with van der Waals surface area (Å²) in [5, 5.41) is 9.57. The quantitative estimate of drug-likeness (QED) is 0.857. The van der Waals surface area contributed by atoms with Gasteiger partial charge in [0.1, 0.15) is 0 Å². The van der Waals surface area contributed by atoms with E-state index in [0.29, 0.717) is 23.5 Å². The van der Waals surface area contributed by atoms with Crippen LogP contribution in [0.4, 0.5) is 19.1 Å². The lowest BCUT2D eigenvalue weighted by molar-refractivity contribution is 0.102. The molecule has 1 aromatic carbocycles. The van der Waals surface area contributed by atoms with Gasteiger partial charge in [0, 0.05) is 5.56 Å². The first kappa shape index (κ1) is 13.9. The molecule has 0 radical (unpaired) electrons. The molecule has 1 N–H and O–H groups in total. The van der Waals surface area contributed by atoms with E-state index >= 15 is 0 Å². The predicted octanol–water partition coefficient (Wildman–Crippen LogP) is 2.16. The van der Waals surface area contributed by atoms with Gasteiger partial charge < -0.3 is 0 Å². The SMILES string of the molecule is Cc1nnc(NC(=O)c2cc(F)c(F)c(F)c2)nc1C. The minimum atomic E-state index is -1.63. The summed E-state index contributed by atoms with van der Waals surface area (Å²) in [7, 11) is 0. The summed E-state index contributed by atoms with van der Waals surface area (Å²) in [6.45, 7) is 3.35. The van der Waals surface area contributed by atoms with E-state index in [1.54, 1.807) is 13.8 Å². The molecule has 1 heterocycles. The highest BCUT2D eigenvalue weighted by Gasteiger charge is 2.16. The van der Waals surface area contributed by atoms with Gasteiger partial charge >= 0.3 is 0 Å². The Bertz CT molecular complexity index is 667. The van der Waals surface area contributed by atoms with Gasteiger partial charge in [0.2, 0.25) is 5.95 Å². The van der Waals surface area contributed by atoms with Crippen LogP contribution in [-0.2, 0) is 0 Å². The molecular formula is C12H9F3N4O. The zero-order valence-corrected chi connectivity index (χ0v) is 10.5. The molecule has 20 heavy (non-hydrogen) atoms. The first-order chi connectivity index (χ1) is 9.38. The standard InChI is InChI=1S/C12H9F3N4O/c1-5-6(2)18-19-12(16-5)17-11(20)7-3-8(13)10(15)9(14)4-7/h3-4H,1-2H3,(H,16,17,19,20). The number of nitrogens with zero attached hydrogens (tertiary/aromatic N) is 3. The molecule has 1 amide bonds. The van der Waals surface area contributed by atoms with Gasteiger partial charge in [-0.25, -0.2) is 18.2 Å². The Morgan fingerprint density at radius 3 is 2.20 bits per heavy atom. The normalized spacial score (nSPS) is 10.4. The number of anilines is 1. The largest absolute Gasteiger partial charge is 0.289 e. The zero-order chi connectivity index (χ0) is 14.9. The Hall–Kier alpha value is -2.51. The van der Waals surface area contributed by atoms with Crippen molar-refractivity contribution in [2.75, 3.05) is 5.32 Å². The Kier molecular flexibility index (Phi) is 3.64. The van der Waals surface area contributed by atoms with E-state index in [1.807, 2.05) is 0 Å². The van der Waals surface area contributed by atoms with E-state index in [-0.39, 0.29) is 11.5 Å². The lowest BCUT2D eigenvalue weighted by atomic mass is 10.2. The first-order valence-corrected chi connectivity index (χ1v) is 5.52. The molecule has 104 valence electrons. The van der Waals surface area contributed by atoms with E-state index < -0.39 is 23.4 Å². The number of hydrogen-bond donors (Lipinski definition) is 1. The highest BCUT2D eigenvalue weighted by molar-refractivity contribution is 6.03. The molecule has 1 aromatic heterocycles. The third kappa shape index (κ3) is 2.73. The Balaban J connectivity index is 2.26. The fourth-order valence-electron chi connectivity index (χ4n) is 1.37. The van der Waals surface area contributed by atoms with Crippen LogP contribution in [-0.4, -0.2) is 21.1 Å². The summed E-state index contributed by atoms with van der Waals surface area (Å²) >= 11 is 0. The van der Waals surface area contributed by atoms with Crippen molar-refractivity contribution in [1.29, 1.82) is 0 Å².